The maximum Gasteiger partial charge on any atom is 0.349 e. The first-order valence-corrected chi connectivity index (χ1v) is 7.00. The highest BCUT2D eigenvalue weighted by molar-refractivity contribution is 6.31. The third-order valence-electron chi connectivity index (χ3n) is 3.04. The van der Waals surface area contributed by atoms with Gasteiger partial charge in [0.15, 0.2) is 6.61 Å². The number of ether oxygens (including phenoxy) is 2. The number of benzene rings is 2. The Morgan fingerprint density at radius 2 is 1.81 bits per heavy atom. The van der Waals surface area contributed by atoms with Crippen LogP contribution in [-0.4, -0.2) is 12.6 Å². The van der Waals surface area contributed by atoms with Gasteiger partial charge >= 0.3 is 5.97 Å². The molecular formula is C17H17ClO3. The van der Waals surface area contributed by atoms with Gasteiger partial charge in [0.25, 0.3) is 0 Å². The first-order valence-electron chi connectivity index (χ1n) is 6.62. The molecule has 0 saturated heterocycles. The van der Waals surface area contributed by atoms with Crippen molar-refractivity contribution in [2.75, 3.05) is 6.61 Å². The van der Waals surface area contributed by atoms with E-state index < -0.39 is 5.97 Å². The molecule has 0 aliphatic heterocycles. The van der Waals surface area contributed by atoms with Crippen molar-refractivity contribution in [3.8, 4) is 11.5 Å². The van der Waals surface area contributed by atoms with Gasteiger partial charge in [0.05, 0.1) is 0 Å². The lowest BCUT2D eigenvalue weighted by atomic mass is 10.1. The van der Waals surface area contributed by atoms with Crippen molar-refractivity contribution < 1.29 is 14.3 Å². The number of carbonyl (C=O) groups excluding carboxylic acids is 1. The fourth-order valence-electron chi connectivity index (χ4n) is 1.92. The minimum Gasteiger partial charge on any atom is -0.482 e. The molecule has 0 saturated carbocycles. The molecule has 0 radical (unpaired) electrons. The minimum absolute atomic E-state index is 0.144. The molecule has 0 amide bonds. The number of rotatable bonds is 4. The Labute approximate surface area is 129 Å². The molecule has 0 aliphatic carbocycles. The van der Waals surface area contributed by atoms with E-state index in [9.17, 15) is 4.79 Å². The van der Waals surface area contributed by atoms with E-state index in [0.29, 0.717) is 16.5 Å². The van der Waals surface area contributed by atoms with Crippen LogP contribution >= 0.6 is 11.6 Å². The third-order valence-corrected chi connectivity index (χ3v) is 3.46. The summed E-state index contributed by atoms with van der Waals surface area (Å²) < 4.78 is 10.7. The maximum atomic E-state index is 11.8. The fraction of sp³-hybridized carbons (Fsp3) is 0.235. The second kappa shape index (κ2) is 6.64. The van der Waals surface area contributed by atoms with Crippen LogP contribution in [0.5, 0.6) is 11.5 Å². The van der Waals surface area contributed by atoms with E-state index in [2.05, 4.69) is 0 Å². The molecule has 110 valence electrons. The average molecular weight is 305 g/mol. The zero-order valence-corrected chi connectivity index (χ0v) is 13.0. The first-order chi connectivity index (χ1) is 9.95. The van der Waals surface area contributed by atoms with Crippen LogP contribution in [0.4, 0.5) is 0 Å². The summed E-state index contributed by atoms with van der Waals surface area (Å²) in [5, 5.41) is 0.667. The predicted octanol–water partition coefficient (Wildman–Crippen LogP) is 4.25. The van der Waals surface area contributed by atoms with Crippen LogP contribution < -0.4 is 9.47 Å². The molecule has 0 aromatic heterocycles. The van der Waals surface area contributed by atoms with Crippen molar-refractivity contribution in [2.24, 2.45) is 0 Å². The molecule has 2 aromatic rings. The van der Waals surface area contributed by atoms with E-state index in [0.717, 1.165) is 16.7 Å². The van der Waals surface area contributed by atoms with Crippen LogP contribution in [0, 0.1) is 20.8 Å². The van der Waals surface area contributed by atoms with Crippen molar-refractivity contribution in [1.82, 2.24) is 0 Å². The summed E-state index contributed by atoms with van der Waals surface area (Å²) in [7, 11) is 0. The summed E-state index contributed by atoms with van der Waals surface area (Å²) in [6, 6.07) is 10.9. The molecule has 0 N–H and O–H groups in total. The summed E-state index contributed by atoms with van der Waals surface area (Å²) in [5.74, 6) is 0.713. The Morgan fingerprint density at radius 1 is 1.05 bits per heavy atom. The Morgan fingerprint density at radius 3 is 2.48 bits per heavy atom. The Bertz CT molecular complexity index is 665. The Balaban J connectivity index is 1.94. The number of halogens is 1. The molecule has 0 aliphatic rings. The monoisotopic (exact) mass is 304 g/mol. The summed E-state index contributed by atoms with van der Waals surface area (Å²) in [5.41, 5.74) is 2.95. The molecule has 21 heavy (non-hydrogen) atoms. The Hall–Kier alpha value is -2.00. The van der Waals surface area contributed by atoms with Gasteiger partial charge in [-0.3, -0.25) is 0 Å². The maximum absolute atomic E-state index is 11.8. The zero-order chi connectivity index (χ0) is 15.4. The minimum atomic E-state index is -0.436. The van der Waals surface area contributed by atoms with Crippen LogP contribution in [0.25, 0.3) is 0 Å². The number of hydrogen-bond donors (Lipinski definition) is 0. The van der Waals surface area contributed by atoms with Crippen molar-refractivity contribution in [3.05, 3.63) is 58.1 Å². The van der Waals surface area contributed by atoms with E-state index in [4.69, 9.17) is 21.1 Å². The third kappa shape index (κ3) is 4.23. The van der Waals surface area contributed by atoms with Gasteiger partial charge in [0.2, 0.25) is 0 Å². The SMILES string of the molecule is Cc1ccc(OC(=O)COc2ccc(Cl)c(C)c2)c(C)c1. The van der Waals surface area contributed by atoms with Gasteiger partial charge in [-0.1, -0.05) is 29.3 Å². The molecule has 0 unspecified atom stereocenters. The number of hydrogen-bond acceptors (Lipinski definition) is 3. The van der Waals surface area contributed by atoms with Gasteiger partial charge in [0.1, 0.15) is 11.5 Å². The Kier molecular flexibility index (Phi) is 4.86. The number of carbonyl (C=O) groups is 1. The van der Waals surface area contributed by atoms with Crippen LogP contribution in [-0.2, 0) is 4.79 Å². The molecule has 3 nitrogen and oxygen atoms in total. The van der Waals surface area contributed by atoms with Gasteiger partial charge in [0, 0.05) is 5.02 Å². The van der Waals surface area contributed by atoms with Gasteiger partial charge in [-0.05, 0) is 56.2 Å². The van der Waals surface area contributed by atoms with E-state index in [1.807, 2.05) is 32.9 Å². The van der Waals surface area contributed by atoms with Crippen molar-refractivity contribution in [3.63, 3.8) is 0 Å². The molecule has 0 spiro atoms. The standard InChI is InChI=1S/C17H17ClO3/c1-11-4-7-16(13(3)8-11)21-17(19)10-20-14-5-6-15(18)12(2)9-14/h4-9H,10H2,1-3H3. The van der Waals surface area contributed by atoms with E-state index in [1.54, 1.807) is 24.3 Å². The molecule has 2 rings (SSSR count). The quantitative estimate of drug-likeness (QED) is 0.626. The smallest absolute Gasteiger partial charge is 0.349 e. The summed E-state index contributed by atoms with van der Waals surface area (Å²) in [6.07, 6.45) is 0. The summed E-state index contributed by atoms with van der Waals surface area (Å²) in [4.78, 5) is 11.8. The molecular weight excluding hydrogens is 288 g/mol. The van der Waals surface area contributed by atoms with Crippen LogP contribution in [0.3, 0.4) is 0 Å². The summed E-state index contributed by atoms with van der Waals surface area (Å²) >= 11 is 5.93. The highest BCUT2D eigenvalue weighted by Gasteiger charge is 2.09. The highest BCUT2D eigenvalue weighted by atomic mass is 35.5. The van der Waals surface area contributed by atoms with E-state index in [1.165, 1.54) is 0 Å². The average Bonchev–Trinajstić information content (AvgIpc) is 2.43. The van der Waals surface area contributed by atoms with Crippen molar-refractivity contribution in [2.45, 2.75) is 20.8 Å². The normalized spacial score (nSPS) is 10.3. The molecule has 2 aromatic carbocycles. The van der Waals surface area contributed by atoms with Gasteiger partial charge in [-0.2, -0.15) is 0 Å². The zero-order valence-electron chi connectivity index (χ0n) is 12.3. The predicted molar refractivity (Wildman–Crippen MR) is 83.2 cm³/mol. The van der Waals surface area contributed by atoms with Gasteiger partial charge in [-0.25, -0.2) is 4.79 Å². The first kappa shape index (κ1) is 15.4. The van der Waals surface area contributed by atoms with Gasteiger partial charge in [-0.15, -0.1) is 0 Å². The molecule has 0 fully saturated rings. The van der Waals surface area contributed by atoms with E-state index >= 15 is 0 Å². The van der Waals surface area contributed by atoms with Crippen LogP contribution in [0.1, 0.15) is 16.7 Å². The fourth-order valence-corrected chi connectivity index (χ4v) is 2.03. The largest absolute Gasteiger partial charge is 0.482 e. The lowest BCUT2D eigenvalue weighted by Gasteiger charge is -2.10. The number of esters is 1. The molecule has 4 heteroatoms. The molecule has 0 atom stereocenters. The molecule has 0 heterocycles. The topological polar surface area (TPSA) is 35.5 Å². The summed E-state index contributed by atoms with van der Waals surface area (Å²) in [6.45, 7) is 5.63. The number of aryl methyl sites for hydroxylation is 3. The van der Waals surface area contributed by atoms with Crippen LogP contribution in [0.15, 0.2) is 36.4 Å². The highest BCUT2D eigenvalue weighted by Crippen LogP contribution is 2.22. The van der Waals surface area contributed by atoms with Crippen molar-refractivity contribution in [1.29, 1.82) is 0 Å². The van der Waals surface area contributed by atoms with Gasteiger partial charge < -0.3 is 9.47 Å². The van der Waals surface area contributed by atoms with E-state index in [-0.39, 0.29) is 6.61 Å². The lowest BCUT2D eigenvalue weighted by molar-refractivity contribution is -0.136. The second-order valence-corrected chi connectivity index (χ2v) is 5.35. The lowest BCUT2D eigenvalue weighted by Crippen LogP contribution is -2.18. The molecule has 0 bridgehead atoms. The second-order valence-electron chi connectivity index (χ2n) is 4.94. The van der Waals surface area contributed by atoms with Crippen molar-refractivity contribution >= 4 is 17.6 Å². The van der Waals surface area contributed by atoms with Crippen LogP contribution in [0.2, 0.25) is 5.02 Å².